The van der Waals surface area contributed by atoms with E-state index in [9.17, 15) is 9.59 Å². The molecule has 0 rings (SSSR count). The van der Waals surface area contributed by atoms with Crippen molar-refractivity contribution in [2.24, 2.45) is 0 Å². The van der Waals surface area contributed by atoms with Gasteiger partial charge < -0.3 is 4.74 Å². The van der Waals surface area contributed by atoms with Crippen LogP contribution in [0.4, 0.5) is 0 Å². The molecule has 0 bridgehead atoms. The predicted octanol–water partition coefficient (Wildman–Crippen LogP) is 3.26. The molecule has 0 radical (unpaired) electrons. The molecule has 1 unspecified atom stereocenters. The lowest BCUT2D eigenvalue weighted by atomic mass is 9.94. The second-order valence-corrected chi connectivity index (χ2v) is 4.17. The third kappa shape index (κ3) is 5.29. The highest BCUT2D eigenvalue weighted by atomic mass is 16.6. The monoisotopic (exact) mass is 228 g/mol. The van der Waals surface area contributed by atoms with Crippen molar-refractivity contribution in [2.75, 3.05) is 0 Å². The van der Waals surface area contributed by atoms with Crippen molar-refractivity contribution in [3.63, 3.8) is 0 Å². The normalized spacial score (nSPS) is 14.2. The van der Waals surface area contributed by atoms with E-state index in [-0.39, 0.29) is 5.97 Å². The summed E-state index contributed by atoms with van der Waals surface area (Å²) in [6, 6.07) is 0. The Kier molecular flexibility index (Phi) is 7.86. The van der Waals surface area contributed by atoms with Gasteiger partial charge in [0.25, 0.3) is 0 Å². The summed E-state index contributed by atoms with van der Waals surface area (Å²) >= 11 is 0. The number of aldehydes is 1. The van der Waals surface area contributed by atoms with Crippen LogP contribution in [0.5, 0.6) is 0 Å². The average molecular weight is 228 g/mol. The van der Waals surface area contributed by atoms with Gasteiger partial charge in [-0.15, -0.1) is 0 Å². The molecule has 0 heterocycles. The zero-order valence-corrected chi connectivity index (χ0v) is 10.8. The molecule has 0 saturated heterocycles. The van der Waals surface area contributed by atoms with Crippen molar-refractivity contribution < 1.29 is 14.3 Å². The van der Waals surface area contributed by atoms with Gasteiger partial charge in [-0.05, 0) is 19.3 Å². The van der Waals surface area contributed by atoms with E-state index >= 15 is 0 Å². The van der Waals surface area contributed by atoms with Crippen LogP contribution in [0.25, 0.3) is 0 Å². The number of hydrogen-bond donors (Lipinski definition) is 0. The summed E-state index contributed by atoms with van der Waals surface area (Å²) in [5.74, 6) is -0.288. The van der Waals surface area contributed by atoms with Crippen molar-refractivity contribution >= 4 is 12.3 Å². The summed E-state index contributed by atoms with van der Waals surface area (Å²) in [5.41, 5.74) is -0.874. The minimum Gasteiger partial charge on any atom is -0.451 e. The second kappa shape index (κ2) is 8.31. The SMILES string of the molecule is CCCCCCC(C=O)(CC)OC(=O)CC. The first-order valence-electron chi connectivity index (χ1n) is 6.32. The molecule has 0 aromatic heterocycles. The summed E-state index contributed by atoms with van der Waals surface area (Å²) in [5, 5.41) is 0. The molecular weight excluding hydrogens is 204 g/mol. The highest BCUT2D eigenvalue weighted by Crippen LogP contribution is 2.22. The first-order chi connectivity index (χ1) is 7.64. The van der Waals surface area contributed by atoms with Gasteiger partial charge in [0.15, 0.2) is 11.9 Å². The van der Waals surface area contributed by atoms with Gasteiger partial charge >= 0.3 is 5.97 Å². The molecule has 0 fully saturated rings. The van der Waals surface area contributed by atoms with Crippen LogP contribution in [-0.4, -0.2) is 17.9 Å². The lowest BCUT2D eigenvalue weighted by molar-refractivity contribution is -0.163. The van der Waals surface area contributed by atoms with Crippen LogP contribution in [0.2, 0.25) is 0 Å². The molecule has 16 heavy (non-hydrogen) atoms. The topological polar surface area (TPSA) is 43.4 Å². The standard InChI is InChI=1S/C13H24O3/c1-4-7-8-9-10-13(6-3,11-14)16-12(15)5-2/h11H,4-10H2,1-3H3. The van der Waals surface area contributed by atoms with Gasteiger partial charge in [0, 0.05) is 6.42 Å². The maximum absolute atomic E-state index is 11.3. The van der Waals surface area contributed by atoms with Gasteiger partial charge in [0.05, 0.1) is 0 Å². The van der Waals surface area contributed by atoms with E-state index in [0.29, 0.717) is 19.3 Å². The number of carbonyl (C=O) groups excluding carboxylic acids is 2. The maximum atomic E-state index is 11.3. The smallest absolute Gasteiger partial charge is 0.306 e. The molecule has 0 saturated carbocycles. The van der Waals surface area contributed by atoms with Crippen LogP contribution in [0.3, 0.4) is 0 Å². The van der Waals surface area contributed by atoms with Crippen molar-refractivity contribution in [3.05, 3.63) is 0 Å². The molecule has 94 valence electrons. The molecular formula is C13H24O3. The molecule has 0 aromatic rings. The van der Waals surface area contributed by atoms with E-state index in [2.05, 4.69) is 6.92 Å². The Bertz CT molecular complexity index is 213. The fourth-order valence-electron chi connectivity index (χ4n) is 1.62. The zero-order valence-electron chi connectivity index (χ0n) is 10.8. The van der Waals surface area contributed by atoms with Crippen LogP contribution in [0, 0.1) is 0 Å². The lowest BCUT2D eigenvalue weighted by Gasteiger charge is -2.26. The van der Waals surface area contributed by atoms with Crippen LogP contribution in [0.1, 0.15) is 65.7 Å². The fourth-order valence-corrected chi connectivity index (χ4v) is 1.62. The molecule has 3 heteroatoms. The Labute approximate surface area is 98.6 Å². The summed E-state index contributed by atoms with van der Waals surface area (Å²) in [7, 11) is 0. The first-order valence-corrected chi connectivity index (χ1v) is 6.32. The zero-order chi connectivity index (χ0) is 12.4. The van der Waals surface area contributed by atoms with Gasteiger partial charge in [-0.2, -0.15) is 0 Å². The summed E-state index contributed by atoms with van der Waals surface area (Å²) in [6.07, 6.45) is 6.70. The molecule has 0 amide bonds. The fraction of sp³-hybridized carbons (Fsp3) is 0.846. The largest absolute Gasteiger partial charge is 0.451 e. The van der Waals surface area contributed by atoms with E-state index in [0.717, 1.165) is 25.5 Å². The summed E-state index contributed by atoms with van der Waals surface area (Å²) in [4.78, 5) is 22.3. The van der Waals surface area contributed by atoms with Gasteiger partial charge in [0.1, 0.15) is 0 Å². The number of rotatable bonds is 9. The average Bonchev–Trinajstić information content (AvgIpc) is 2.33. The Morgan fingerprint density at radius 2 is 1.88 bits per heavy atom. The van der Waals surface area contributed by atoms with Gasteiger partial charge in [-0.3, -0.25) is 9.59 Å². The second-order valence-electron chi connectivity index (χ2n) is 4.17. The Morgan fingerprint density at radius 1 is 1.19 bits per heavy atom. The third-order valence-corrected chi connectivity index (χ3v) is 2.87. The number of hydrogen-bond acceptors (Lipinski definition) is 3. The van der Waals surface area contributed by atoms with Gasteiger partial charge in [-0.1, -0.05) is 40.0 Å². The maximum Gasteiger partial charge on any atom is 0.306 e. The molecule has 0 aliphatic carbocycles. The van der Waals surface area contributed by atoms with Crippen molar-refractivity contribution in [3.8, 4) is 0 Å². The predicted molar refractivity (Wildman–Crippen MR) is 64.2 cm³/mol. The molecule has 0 spiro atoms. The Balaban J connectivity index is 4.21. The highest BCUT2D eigenvalue weighted by molar-refractivity contribution is 5.74. The van der Waals surface area contributed by atoms with Crippen LogP contribution in [0.15, 0.2) is 0 Å². The summed E-state index contributed by atoms with van der Waals surface area (Å²) in [6.45, 7) is 5.77. The van der Waals surface area contributed by atoms with Gasteiger partial charge in [-0.25, -0.2) is 0 Å². The summed E-state index contributed by atoms with van der Waals surface area (Å²) < 4.78 is 5.26. The third-order valence-electron chi connectivity index (χ3n) is 2.87. The molecule has 0 N–H and O–H groups in total. The van der Waals surface area contributed by atoms with E-state index < -0.39 is 5.60 Å². The van der Waals surface area contributed by atoms with Crippen molar-refractivity contribution in [2.45, 2.75) is 71.3 Å². The van der Waals surface area contributed by atoms with Crippen molar-refractivity contribution in [1.82, 2.24) is 0 Å². The molecule has 0 aliphatic heterocycles. The van der Waals surface area contributed by atoms with Gasteiger partial charge in [0.2, 0.25) is 0 Å². The first kappa shape index (κ1) is 15.1. The van der Waals surface area contributed by atoms with E-state index in [1.807, 2.05) is 6.92 Å². The minimum absolute atomic E-state index is 0.288. The van der Waals surface area contributed by atoms with E-state index in [1.54, 1.807) is 6.92 Å². The minimum atomic E-state index is -0.874. The van der Waals surface area contributed by atoms with Crippen LogP contribution < -0.4 is 0 Å². The lowest BCUT2D eigenvalue weighted by Crippen LogP contribution is -2.36. The number of unbranched alkanes of at least 4 members (excludes halogenated alkanes) is 3. The van der Waals surface area contributed by atoms with Crippen LogP contribution >= 0.6 is 0 Å². The Morgan fingerprint density at radius 3 is 2.31 bits per heavy atom. The molecule has 0 aliphatic rings. The highest BCUT2D eigenvalue weighted by Gasteiger charge is 2.30. The van der Waals surface area contributed by atoms with Crippen molar-refractivity contribution in [1.29, 1.82) is 0 Å². The van der Waals surface area contributed by atoms with Crippen LogP contribution in [-0.2, 0) is 14.3 Å². The Hall–Kier alpha value is -0.860. The number of ether oxygens (including phenoxy) is 1. The molecule has 0 aromatic carbocycles. The number of carbonyl (C=O) groups is 2. The molecule has 3 nitrogen and oxygen atoms in total. The van der Waals surface area contributed by atoms with E-state index in [4.69, 9.17) is 4.74 Å². The quantitative estimate of drug-likeness (QED) is 0.345. The number of esters is 1. The van der Waals surface area contributed by atoms with E-state index in [1.165, 1.54) is 6.42 Å². The molecule has 1 atom stereocenters.